The van der Waals surface area contributed by atoms with Crippen LogP contribution < -0.4 is 5.32 Å². The van der Waals surface area contributed by atoms with Gasteiger partial charge in [-0.25, -0.2) is 0 Å². The third kappa shape index (κ3) is 37.8. The van der Waals surface area contributed by atoms with E-state index >= 15 is 0 Å². The van der Waals surface area contributed by atoms with Gasteiger partial charge in [0.05, 0.1) is 38.6 Å². The molecule has 0 spiro atoms. The second kappa shape index (κ2) is 56.7. The van der Waals surface area contributed by atoms with Gasteiger partial charge in [0, 0.05) is 6.42 Å². The fourth-order valence-corrected chi connectivity index (χ4v) is 12.2. The number of hydrogen-bond acceptors (Lipinski definition) is 18. The Morgan fingerprint density at radius 3 is 1.18 bits per heavy atom. The molecule has 3 heterocycles. The third-order valence-electron chi connectivity index (χ3n) is 18.2. The molecule has 17 unspecified atom stereocenters. The summed E-state index contributed by atoms with van der Waals surface area (Å²) < 4.78 is 34.3. The smallest absolute Gasteiger partial charge is 0.220 e. The quantitative estimate of drug-likeness (QED) is 0.0199. The zero-order valence-corrected chi connectivity index (χ0v) is 58.4. The van der Waals surface area contributed by atoms with E-state index in [1.807, 2.05) is 6.08 Å². The first-order valence-corrected chi connectivity index (χ1v) is 37.3. The Balaban J connectivity index is 1.28. The molecule has 17 atom stereocenters. The summed E-state index contributed by atoms with van der Waals surface area (Å²) in [5.74, 6) is -0.286. The predicted octanol–water partition coefficient (Wildman–Crippen LogP) is 11.1. The van der Waals surface area contributed by atoms with Crippen LogP contribution in [0.3, 0.4) is 0 Å². The van der Waals surface area contributed by atoms with Crippen LogP contribution in [0.2, 0.25) is 0 Å². The topological polar surface area (TPSA) is 307 Å². The lowest BCUT2D eigenvalue weighted by Crippen LogP contribution is -2.66. The maximum Gasteiger partial charge on any atom is 0.220 e. The van der Waals surface area contributed by atoms with E-state index in [9.17, 15) is 61.0 Å². The van der Waals surface area contributed by atoms with Crippen molar-refractivity contribution >= 4 is 5.91 Å². The fourth-order valence-electron chi connectivity index (χ4n) is 12.2. The Labute approximate surface area is 571 Å². The first-order valence-electron chi connectivity index (χ1n) is 37.3. The molecule has 12 N–H and O–H groups in total. The van der Waals surface area contributed by atoms with Crippen LogP contribution in [-0.4, -0.2) is 193 Å². The van der Waals surface area contributed by atoms with E-state index in [4.69, 9.17) is 28.4 Å². The van der Waals surface area contributed by atoms with E-state index in [1.54, 1.807) is 6.08 Å². The van der Waals surface area contributed by atoms with Crippen LogP contribution in [0, 0.1) is 0 Å². The van der Waals surface area contributed by atoms with Crippen LogP contribution in [0.15, 0.2) is 85.1 Å². The number of hydrogen-bond donors (Lipinski definition) is 12. The minimum atomic E-state index is -1.98. The van der Waals surface area contributed by atoms with Gasteiger partial charge in [-0.05, 0) is 77.0 Å². The Morgan fingerprint density at radius 2 is 0.737 bits per heavy atom. The third-order valence-corrected chi connectivity index (χ3v) is 18.2. The monoisotopic (exact) mass is 1350 g/mol. The molecule has 0 aromatic rings. The lowest BCUT2D eigenvalue weighted by molar-refractivity contribution is -0.379. The molecule has 550 valence electrons. The molecule has 1 amide bonds. The molecule has 0 aromatic carbocycles. The van der Waals surface area contributed by atoms with Gasteiger partial charge >= 0.3 is 0 Å². The van der Waals surface area contributed by atoms with Crippen LogP contribution in [0.5, 0.6) is 0 Å². The Kier molecular flexibility index (Phi) is 51.4. The van der Waals surface area contributed by atoms with Crippen molar-refractivity contribution in [2.45, 2.75) is 362 Å². The normalized spacial score (nSPS) is 27.7. The van der Waals surface area contributed by atoms with Crippen molar-refractivity contribution in [3.8, 4) is 0 Å². The average molecular weight is 1350 g/mol. The molecule has 3 rings (SSSR count). The molecule has 3 saturated heterocycles. The van der Waals surface area contributed by atoms with Crippen LogP contribution in [0.25, 0.3) is 0 Å². The van der Waals surface area contributed by atoms with Crippen LogP contribution >= 0.6 is 0 Å². The van der Waals surface area contributed by atoms with Gasteiger partial charge in [-0.3, -0.25) is 4.79 Å². The minimum absolute atomic E-state index is 0.235. The largest absolute Gasteiger partial charge is 0.394 e. The van der Waals surface area contributed by atoms with E-state index in [1.165, 1.54) is 154 Å². The SMILES string of the molecule is CC/C=C\C/C=C\C/C=C\C/C=C\C/C=C\CCCCCCCCCCCCCCCCCCCCCCCCCC(=O)NC(COC1OC(CO)C(OC2OC(CO)C(OC3OC(CO)C(O)C(O)C3O)C(O)C2O)C(O)C1O)C(O)/C=C/CC/C=C/CCCCCCC. The van der Waals surface area contributed by atoms with Crippen molar-refractivity contribution in [1.82, 2.24) is 5.32 Å². The molecule has 3 aliphatic rings. The molecule has 0 aromatic heterocycles. The number of carbonyl (C=O) groups is 1. The summed E-state index contributed by atoms with van der Waals surface area (Å²) in [6.07, 6.45) is 47.6. The number of nitrogens with one attached hydrogen (secondary N) is 1. The lowest BCUT2D eigenvalue weighted by atomic mass is 9.96. The fraction of sp³-hybridized carbons (Fsp3) is 0.803. The summed E-state index contributed by atoms with van der Waals surface area (Å²) in [4.78, 5) is 13.4. The van der Waals surface area contributed by atoms with Crippen molar-refractivity contribution in [3.05, 3.63) is 85.1 Å². The number of rotatable bonds is 57. The second-order valence-electron chi connectivity index (χ2n) is 26.4. The first kappa shape index (κ1) is 86.2. The summed E-state index contributed by atoms with van der Waals surface area (Å²) in [5, 5.41) is 120. The number of allylic oxidation sites excluding steroid dienone is 13. The van der Waals surface area contributed by atoms with Crippen molar-refractivity contribution in [1.29, 1.82) is 0 Å². The molecule has 0 saturated carbocycles. The average Bonchev–Trinajstić information content (AvgIpc) is 0.787. The second-order valence-corrected chi connectivity index (χ2v) is 26.4. The van der Waals surface area contributed by atoms with Crippen molar-refractivity contribution in [3.63, 3.8) is 0 Å². The molecule has 0 aliphatic carbocycles. The van der Waals surface area contributed by atoms with E-state index in [0.29, 0.717) is 12.8 Å². The van der Waals surface area contributed by atoms with Gasteiger partial charge in [0.15, 0.2) is 18.9 Å². The van der Waals surface area contributed by atoms with Crippen LogP contribution in [0.4, 0.5) is 0 Å². The molecule has 3 fully saturated rings. The summed E-state index contributed by atoms with van der Waals surface area (Å²) in [7, 11) is 0. The van der Waals surface area contributed by atoms with E-state index < -0.39 is 124 Å². The van der Waals surface area contributed by atoms with Crippen LogP contribution in [-0.2, 0) is 33.2 Å². The number of amides is 1. The van der Waals surface area contributed by atoms with Gasteiger partial charge in [0.1, 0.15) is 73.2 Å². The zero-order valence-electron chi connectivity index (χ0n) is 58.4. The van der Waals surface area contributed by atoms with Crippen LogP contribution in [0.1, 0.15) is 258 Å². The molecule has 3 aliphatic heterocycles. The molecular formula is C76H133NO18. The molecule has 19 nitrogen and oxygen atoms in total. The van der Waals surface area contributed by atoms with E-state index in [2.05, 4.69) is 92.1 Å². The highest BCUT2D eigenvalue weighted by Gasteiger charge is 2.53. The van der Waals surface area contributed by atoms with Gasteiger partial charge in [-0.2, -0.15) is 0 Å². The molecular weight excluding hydrogens is 1210 g/mol. The summed E-state index contributed by atoms with van der Waals surface area (Å²) in [6, 6.07) is -0.990. The van der Waals surface area contributed by atoms with Gasteiger partial charge in [-0.15, -0.1) is 0 Å². The lowest BCUT2D eigenvalue weighted by Gasteiger charge is -2.48. The highest BCUT2D eigenvalue weighted by Crippen LogP contribution is 2.33. The predicted molar refractivity (Wildman–Crippen MR) is 374 cm³/mol. The number of aliphatic hydroxyl groups is 11. The molecule has 0 bridgehead atoms. The molecule has 95 heavy (non-hydrogen) atoms. The number of aliphatic hydroxyl groups excluding tert-OH is 11. The summed E-state index contributed by atoms with van der Waals surface area (Å²) in [5.41, 5.74) is 0. The Hall–Kier alpha value is -3.03. The molecule has 0 radical (unpaired) electrons. The van der Waals surface area contributed by atoms with Crippen molar-refractivity contribution in [2.24, 2.45) is 0 Å². The van der Waals surface area contributed by atoms with E-state index in [0.717, 1.165) is 70.6 Å². The highest BCUT2D eigenvalue weighted by molar-refractivity contribution is 5.76. The van der Waals surface area contributed by atoms with Gasteiger partial charge in [0.25, 0.3) is 0 Å². The Bertz CT molecular complexity index is 2050. The standard InChI is InChI=1S/C76H133NO18/c1-3-5-7-9-11-13-15-16-17-18-19-20-21-22-23-24-25-26-27-28-29-30-31-32-33-34-35-36-37-38-39-40-41-42-44-46-48-50-52-54-64(82)77-59(60(81)53-51-49-47-45-43-14-12-10-8-6-4-2)58-90-74-70(88)67(85)72(62(56-79)92-74)95-76-71(89)68(86)73(63(57-80)93-76)94-75-69(87)66(84)65(83)61(55-78)91-75/h5,7,11,13,16-17,19-20,22-23,43,45,51,53,59-63,65-76,78-81,83-89H,3-4,6,8-10,12,14-15,18,21,24-42,44,46-50,52,54-58H2,1-2H3,(H,77,82)/b7-5-,13-11-,17-16-,20-19-,23-22-,45-43+,53-51+. The molecule has 19 heteroatoms. The highest BCUT2D eigenvalue weighted by atomic mass is 16.8. The van der Waals surface area contributed by atoms with Gasteiger partial charge in [0.2, 0.25) is 5.91 Å². The maximum atomic E-state index is 13.4. The number of ether oxygens (including phenoxy) is 6. The summed E-state index contributed by atoms with van der Waals surface area (Å²) in [6.45, 7) is 1.57. The van der Waals surface area contributed by atoms with Crippen molar-refractivity contribution < 1.29 is 89.4 Å². The maximum absolute atomic E-state index is 13.4. The number of unbranched alkanes of at least 4 members (excludes halogenated alkanes) is 29. The number of carbonyl (C=O) groups excluding carboxylic acids is 1. The van der Waals surface area contributed by atoms with Gasteiger partial charge < -0.3 is 89.9 Å². The zero-order chi connectivity index (χ0) is 68.9. The summed E-state index contributed by atoms with van der Waals surface area (Å²) >= 11 is 0. The first-order chi connectivity index (χ1) is 46.3. The van der Waals surface area contributed by atoms with E-state index in [-0.39, 0.29) is 18.9 Å². The van der Waals surface area contributed by atoms with Gasteiger partial charge in [-0.1, -0.05) is 259 Å². The van der Waals surface area contributed by atoms with Crippen molar-refractivity contribution in [2.75, 3.05) is 26.4 Å². The Morgan fingerprint density at radius 1 is 0.389 bits per heavy atom. The minimum Gasteiger partial charge on any atom is -0.394 e.